The molecular weight excluding hydrogens is 516 g/mol. The van der Waals surface area contributed by atoms with Crippen LogP contribution in [-0.4, -0.2) is 67.8 Å². The second-order valence-corrected chi connectivity index (χ2v) is 12.2. The number of hydrogen-bond acceptors (Lipinski definition) is 6. The zero-order chi connectivity index (χ0) is 29.4. The second kappa shape index (κ2) is 13.8. The zero-order valence-corrected chi connectivity index (χ0v) is 25.0. The van der Waals surface area contributed by atoms with Crippen LogP contribution in [0.25, 0.3) is 22.2 Å². The summed E-state index contributed by atoms with van der Waals surface area (Å²) in [6.07, 6.45) is 3.72. The lowest BCUT2D eigenvalue weighted by Crippen LogP contribution is -2.37. The molecule has 1 aliphatic rings. The standard InChI is InChI=1S/C33H44N4O4/c1-33(2,3)41-32(39)35-22-24-12-10-23(11-13-24)21-34-31(38)28-20-30(36-29-9-7-6-8-27(28)29)25-14-16-26(17-15-25)40-19-18-37(4)5/h6-9,14-17,20,23-24H,10-13,18-19,21-22H2,1-5H3,(H,34,38)(H,35,39). The van der Waals surface area contributed by atoms with Gasteiger partial charge in [-0.2, -0.15) is 0 Å². The van der Waals surface area contributed by atoms with Gasteiger partial charge in [0.2, 0.25) is 0 Å². The summed E-state index contributed by atoms with van der Waals surface area (Å²) < 4.78 is 11.2. The first kappa shape index (κ1) is 30.3. The molecule has 41 heavy (non-hydrogen) atoms. The third kappa shape index (κ3) is 9.18. The zero-order valence-electron chi connectivity index (χ0n) is 25.0. The predicted octanol–water partition coefficient (Wildman–Crippen LogP) is 5.90. The highest BCUT2D eigenvalue weighted by Gasteiger charge is 2.24. The highest BCUT2D eigenvalue weighted by molar-refractivity contribution is 6.07. The number of carbonyl (C=O) groups excluding carboxylic acids is 2. The van der Waals surface area contributed by atoms with Gasteiger partial charge in [-0.1, -0.05) is 18.2 Å². The lowest BCUT2D eigenvalue weighted by atomic mass is 9.82. The number of nitrogens with zero attached hydrogens (tertiary/aromatic N) is 2. The maximum Gasteiger partial charge on any atom is 0.407 e. The second-order valence-electron chi connectivity index (χ2n) is 12.2. The van der Waals surface area contributed by atoms with Crippen molar-refractivity contribution >= 4 is 22.9 Å². The topological polar surface area (TPSA) is 92.8 Å². The van der Waals surface area contributed by atoms with E-state index in [2.05, 4.69) is 15.5 Å². The molecule has 1 heterocycles. The maximum atomic E-state index is 13.4. The summed E-state index contributed by atoms with van der Waals surface area (Å²) in [4.78, 5) is 32.3. The molecule has 0 radical (unpaired) electrons. The number of nitrogens with one attached hydrogen (secondary N) is 2. The average Bonchev–Trinajstić information content (AvgIpc) is 2.94. The van der Waals surface area contributed by atoms with Gasteiger partial charge < -0.3 is 25.0 Å². The molecule has 0 spiro atoms. The molecule has 220 valence electrons. The molecule has 8 nitrogen and oxygen atoms in total. The van der Waals surface area contributed by atoms with Crippen molar-refractivity contribution in [2.75, 3.05) is 40.3 Å². The highest BCUT2D eigenvalue weighted by atomic mass is 16.6. The van der Waals surface area contributed by atoms with Gasteiger partial charge in [0.1, 0.15) is 18.0 Å². The normalized spacial score (nSPS) is 17.3. The van der Waals surface area contributed by atoms with Gasteiger partial charge in [-0.15, -0.1) is 0 Å². The summed E-state index contributed by atoms with van der Waals surface area (Å²) in [7, 11) is 4.04. The van der Waals surface area contributed by atoms with Crippen LogP contribution in [0.5, 0.6) is 5.75 Å². The number of pyridine rings is 1. The van der Waals surface area contributed by atoms with Crippen LogP contribution in [0.2, 0.25) is 0 Å². The Bertz CT molecular complexity index is 1310. The van der Waals surface area contributed by atoms with Crippen molar-refractivity contribution in [3.8, 4) is 17.0 Å². The lowest BCUT2D eigenvalue weighted by Gasteiger charge is -2.29. The molecule has 2 aromatic carbocycles. The van der Waals surface area contributed by atoms with Crippen LogP contribution in [0.3, 0.4) is 0 Å². The van der Waals surface area contributed by atoms with Crippen molar-refractivity contribution in [2.45, 2.75) is 52.1 Å². The first-order valence-electron chi connectivity index (χ1n) is 14.6. The number of para-hydroxylation sites is 1. The first-order valence-corrected chi connectivity index (χ1v) is 14.6. The molecule has 0 atom stereocenters. The Balaban J connectivity index is 1.34. The van der Waals surface area contributed by atoms with Crippen LogP contribution >= 0.6 is 0 Å². The van der Waals surface area contributed by atoms with Crippen molar-refractivity contribution in [3.63, 3.8) is 0 Å². The quantitative estimate of drug-likeness (QED) is 0.321. The molecule has 0 unspecified atom stereocenters. The summed E-state index contributed by atoms with van der Waals surface area (Å²) in [5.41, 5.74) is 2.62. The fourth-order valence-electron chi connectivity index (χ4n) is 5.09. The molecule has 1 saturated carbocycles. The van der Waals surface area contributed by atoms with E-state index in [1.165, 1.54) is 0 Å². The highest BCUT2D eigenvalue weighted by Crippen LogP contribution is 2.29. The number of rotatable bonds is 10. The summed E-state index contributed by atoms with van der Waals surface area (Å²) in [6, 6.07) is 17.5. The Kier molecular flexibility index (Phi) is 10.2. The fraction of sp³-hybridized carbons (Fsp3) is 0.485. The Morgan fingerprint density at radius 3 is 2.20 bits per heavy atom. The number of alkyl carbamates (subject to hydrolysis) is 1. The minimum atomic E-state index is -0.494. The molecule has 1 aromatic heterocycles. The first-order chi connectivity index (χ1) is 19.6. The Labute approximate surface area is 243 Å². The number of benzene rings is 2. The lowest BCUT2D eigenvalue weighted by molar-refractivity contribution is 0.0512. The maximum absolute atomic E-state index is 13.4. The number of amides is 2. The van der Waals surface area contributed by atoms with Gasteiger partial charge in [0, 0.05) is 30.6 Å². The smallest absolute Gasteiger partial charge is 0.407 e. The SMILES string of the molecule is CN(C)CCOc1ccc(-c2cc(C(=O)NCC3CCC(CNC(=O)OC(C)(C)C)CC3)c3ccccc3n2)cc1. The summed E-state index contributed by atoms with van der Waals surface area (Å²) in [5.74, 6) is 1.59. The molecule has 0 bridgehead atoms. The molecule has 4 rings (SSSR count). The Morgan fingerprint density at radius 2 is 1.56 bits per heavy atom. The van der Waals surface area contributed by atoms with Crippen LogP contribution in [0.4, 0.5) is 4.79 Å². The largest absolute Gasteiger partial charge is 0.492 e. The average molecular weight is 561 g/mol. The number of carbonyl (C=O) groups is 2. The number of hydrogen-bond donors (Lipinski definition) is 2. The van der Waals surface area contributed by atoms with Crippen molar-refractivity contribution in [2.24, 2.45) is 11.8 Å². The van der Waals surface area contributed by atoms with Crippen LogP contribution < -0.4 is 15.4 Å². The van der Waals surface area contributed by atoms with Crippen LogP contribution in [0.15, 0.2) is 54.6 Å². The molecule has 3 aromatic rings. The van der Waals surface area contributed by atoms with Crippen LogP contribution in [-0.2, 0) is 4.74 Å². The monoisotopic (exact) mass is 560 g/mol. The van der Waals surface area contributed by atoms with E-state index in [1.807, 2.05) is 89.5 Å². The third-order valence-electron chi connectivity index (χ3n) is 7.37. The minimum absolute atomic E-state index is 0.0813. The van der Waals surface area contributed by atoms with Crippen molar-refractivity contribution < 1.29 is 19.1 Å². The van der Waals surface area contributed by atoms with Gasteiger partial charge in [-0.3, -0.25) is 4.79 Å². The summed E-state index contributed by atoms with van der Waals surface area (Å²) in [6.45, 7) is 8.32. The molecule has 1 fully saturated rings. The van der Waals surface area contributed by atoms with Gasteiger partial charge >= 0.3 is 6.09 Å². The number of fused-ring (bicyclic) bond motifs is 1. The molecule has 2 amide bonds. The van der Waals surface area contributed by atoms with Gasteiger partial charge in [0.15, 0.2) is 0 Å². The molecule has 8 heteroatoms. The van der Waals surface area contributed by atoms with E-state index in [0.717, 1.165) is 60.1 Å². The molecular formula is C33H44N4O4. The van der Waals surface area contributed by atoms with Crippen molar-refractivity contribution in [1.82, 2.24) is 20.5 Å². The van der Waals surface area contributed by atoms with E-state index in [9.17, 15) is 9.59 Å². The van der Waals surface area contributed by atoms with Gasteiger partial charge in [0.05, 0.1) is 16.8 Å². The summed E-state index contributed by atoms with van der Waals surface area (Å²) in [5, 5.41) is 6.93. The Hall–Kier alpha value is -3.65. The minimum Gasteiger partial charge on any atom is -0.492 e. The van der Waals surface area contributed by atoms with E-state index >= 15 is 0 Å². The van der Waals surface area contributed by atoms with E-state index in [1.54, 1.807) is 0 Å². The molecule has 0 aliphatic heterocycles. The predicted molar refractivity (Wildman–Crippen MR) is 163 cm³/mol. The third-order valence-corrected chi connectivity index (χ3v) is 7.37. The van der Waals surface area contributed by atoms with Crippen LogP contribution in [0, 0.1) is 11.8 Å². The number of ether oxygens (including phenoxy) is 2. The van der Waals surface area contributed by atoms with E-state index in [0.29, 0.717) is 37.1 Å². The van der Waals surface area contributed by atoms with Crippen molar-refractivity contribution in [1.29, 1.82) is 0 Å². The van der Waals surface area contributed by atoms with E-state index in [-0.39, 0.29) is 12.0 Å². The van der Waals surface area contributed by atoms with E-state index in [4.69, 9.17) is 14.5 Å². The fourth-order valence-corrected chi connectivity index (χ4v) is 5.09. The van der Waals surface area contributed by atoms with E-state index < -0.39 is 5.60 Å². The molecule has 0 saturated heterocycles. The van der Waals surface area contributed by atoms with Gasteiger partial charge in [-0.05, 0) is 109 Å². The molecule has 1 aliphatic carbocycles. The number of likely N-dealkylation sites (N-methyl/N-ethyl adjacent to an activating group) is 1. The van der Waals surface area contributed by atoms with Crippen molar-refractivity contribution in [3.05, 3.63) is 60.2 Å². The van der Waals surface area contributed by atoms with Crippen LogP contribution in [0.1, 0.15) is 56.8 Å². The molecule has 2 N–H and O–H groups in total. The summed E-state index contributed by atoms with van der Waals surface area (Å²) >= 11 is 0. The van der Waals surface area contributed by atoms with Gasteiger partial charge in [-0.25, -0.2) is 9.78 Å². The van der Waals surface area contributed by atoms with Gasteiger partial charge in [0.25, 0.3) is 5.91 Å². The number of aromatic nitrogens is 1. The Morgan fingerprint density at radius 1 is 0.927 bits per heavy atom.